The molecule has 0 N–H and O–H groups in total. The molecule has 8 nitrogen and oxygen atoms in total. The molecule has 1 amide bonds. The molecule has 1 aliphatic rings. The predicted molar refractivity (Wildman–Crippen MR) is 143 cm³/mol. The van der Waals surface area contributed by atoms with Crippen LogP contribution < -0.4 is 24.6 Å². The fourth-order valence-corrected chi connectivity index (χ4v) is 4.92. The summed E-state index contributed by atoms with van der Waals surface area (Å²) in [6.07, 6.45) is 0.661. The maximum atomic E-state index is 13.7. The van der Waals surface area contributed by atoms with E-state index >= 15 is 0 Å². The van der Waals surface area contributed by atoms with Crippen molar-refractivity contribution in [3.05, 3.63) is 93.3 Å². The van der Waals surface area contributed by atoms with Crippen molar-refractivity contribution in [2.24, 2.45) is 0 Å². The van der Waals surface area contributed by atoms with E-state index in [1.165, 1.54) is 6.07 Å². The van der Waals surface area contributed by atoms with Gasteiger partial charge < -0.3 is 28.3 Å². The molecule has 1 atom stereocenters. The zero-order valence-corrected chi connectivity index (χ0v) is 21.8. The van der Waals surface area contributed by atoms with Crippen LogP contribution in [0.3, 0.4) is 0 Å². The third kappa shape index (κ3) is 4.77. The summed E-state index contributed by atoms with van der Waals surface area (Å²) in [6.45, 7) is 2.56. The van der Waals surface area contributed by atoms with Gasteiger partial charge in [0.05, 0.1) is 27.4 Å². The van der Waals surface area contributed by atoms with Crippen LogP contribution in [0.2, 0.25) is 0 Å². The van der Waals surface area contributed by atoms with Crippen molar-refractivity contribution in [2.75, 3.05) is 34.5 Å². The maximum Gasteiger partial charge on any atom is 0.336 e. The number of hydrogen-bond donors (Lipinski definition) is 0. The summed E-state index contributed by atoms with van der Waals surface area (Å²) in [5.74, 6) is 2.33. The Balaban J connectivity index is 1.50. The molecule has 0 spiro atoms. The Labute approximate surface area is 220 Å². The number of rotatable bonds is 7. The van der Waals surface area contributed by atoms with Crippen LogP contribution in [0, 0.1) is 6.92 Å². The molecule has 5 rings (SSSR count). The first-order chi connectivity index (χ1) is 18.4. The molecule has 38 heavy (non-hydrogen) atoms. The number of benzene rings is 3. The van der Waals surface area contributed by atoms with E-state index in [0.717, 1.165) is 22.1 Å². The standard InChI is InChI=1S/C30H29NO7/c1-18-13-29(32)38-26-15-22(9-10-23(18)26)37-17-25-24-16-28(36-4)27(35-3)14-20(24)11-12-31(25)30(33)19-5-7-21(34-2)8-6-19/h5-10,13-16,25H,11-12,17H2,1-4H3/t25-/m0/s1. The minimum atomic E-state index is -0.411. The summed E-state index contributed by atoms with van der Waals surface area (Å²) in [4.78, 5) is 27.4. The molecule has 0 bridgehead atoms. The Morgan fingerprint density at radius 1 is 0.921 bits per heavy atom. The second-order valence-corrected chi connectivity index (χ2v) is 9.12. The molecule has 196 valence electrons. The molecule has 0 aliphatic carbocycles. The number of fused-ring (bicyclic) bond motifs is 2. The highest BCUT2D eigenvalue weighted by Crippen LogP contribution is 2.39. The van der Waals surface area contributed by atoms with Gasteiger partial charge in [-0.15, -0.1) is 0 Å². The van der Waals surface area contributed by atoms with Crippen molar-refractivity contribution in [3.8, 4) is 23.0 Å². The number of amides is 1. The summed E-state index contributed by atoms with van der Waals surface area (Å²) >= 11 is 0. The second-order valence-electron chi connectivity index (χ2n) is 9.12. The first-order valence-corrected chi connectivity index (χ1v) is 12.3. The molecule has 8 heteroatoms. The van der Waals surface area contributed by atoms with Crippen molar-refractivity contribution in [2.45, 2.75) is 19.4 Å². The number of ether oxygens (including phenoxy) is 4. The summed E-state index contributed by atoms with van der Waals surface area (Å²) in [6, 6.07) is 17.4. The maximum absolute atomic E-state index is 13.7. The van der Waals surface area contributed by atoms with Crippen LogP contribution in [-0.2, 0) is 6.42 Å². The molecular weight excluding hydrogens is 486 g/mol. The van der Waals surface area contributed by atoms with E-state index < -0.39 is 11.7 Å². The topological polar surface area (TPSA) is 87.4 Å². The highest BCUT2D eigenvalue weighted by molar-refractivity contribution is 5.95. The highest BCUT2D eigenvalue weighted by atomic mass is 16.5. The van der Waals surface area contributed by atoms with Crippen LogP contribution >= 0.6 is 0 Å². The number of methoxy groups -OCH3 is 3. The number of carbonyl (C=O) groups excluding carboxylic acids is 1. The third-order valence-electron chi connectivity index (χ3n) is 6.93. The highest BCUT2D eigenvalue weighted by Gasteiger charge is 2.33. The van der Waals surface area contributed by atoms with Crippen LogP contribution in [0.4, 0.5) is 0 Å². The first-order valence-electron chi connectivity index (χ1n) is 12.3. The van der Waals surface area contributed by atoms with Crippen LogP contribution in [0.1, 0.15) is 33.1 Å². The molecule has 0 fully saturated rings. The molecule has 3 aromatic carbocycles. The molecule has 4 aromatic rings. The second kappa shape index (κ2) is 10.5. The monoisotopic (exact) mass is 515 g/mol. The van der Waals surface area contributed by atoms with Gasteiger partial charge in [-0.3, -0.25) is 4.79 Å². The SMILES string of the molecule is COc1ccc(C(=O)N2CCc3cc(OC)c(OC)cc3[C@@H]2COc2ccc3c(C)cc(=O)oc3c2)cc1. The van der Waals surface area contributed by atoms with Gasteiger partial charge in [-0.1, -0.05) is 0 Å². The van der Waals surface area contributed by atoms with Crippen LogP contribution in [0.25, 0.3) is 11.0 Å². The van der Waals surface area contributed by atoms with Gasteiger partial charge >= 0.3 is 5.63 Å². The van der Waals surface area contributed by atoms with Crippen molar-refractivity contribution in [1.29, 1.82) is 0 Å². The van der Waals surface area contributed by atoms with Gasteiger partial charge in [0.15, 0.2) is 11.5 Å². The zero-order chi connectivity index (χ0) is 26.8. The number of aryl methyl sites for hydroxylation is 1. The van der Waals surface area contributed by atoms with E-state index in [4.69, 9.17) is 23.4 Å². The Kier molecular flexibility index (Phi) is 6.96. The molecular formula is C30H29NO7. The lowest BCUT2D eigenvalue weighted by Crippen LogP contribution is -2.42. The Bertz CT molecular complexity index is 1540. The summed E-state index contributed by atoms with van der Waals surface area (Å²) < 4.78 is 27.9. The average molecular weight is 516 g/mol. The fraction of sp³-hybridized carbons (Fsp3) is 0.267. The largest absolute Gasteiger partial charge is 0.497 e. The molecule has 1 aromatic heterocycles. The van der Waals surface area contributed by atoms with Gasteiger partial charge in [0.25, 0.3) is 5.91 Å². The van der Waals surface area contributed by atoms with Crippen LogP contribution in [0.15, 0.2) is 69.9 Å². The Morgan fingerprint density at radius 3 is 2.34 bits per heavy atom. The van der Waals surface area contributed by atoms with Gasteiger partial charge in [-0.2, -0.15) is 0 Å². The van der Waals surface area contributed by atoms with Gasteiger partial charge in [-0.05, 0) is 78.6 Å². The van der Waals surface area contributed by atoms with Crippen molar-refractivity contribution in [1.82, 2.24) is 4.90 Å². The first kappa shape index (κ1) is 25.2. The molecule has 0 radical (unpaired) electrons. The smallest absolute Gasteiger partial charge is 0.336 e. The van der Waals surface area contributed by atoms with Crippen LogP contribution in [-0.4, -0.2) is 45.3 Å². The van der Waals surface area contributed by atoms with Gasteiger partial charge in [0, 0.05) is 29.6 Å². The number of hydrogen-bond acceptors (Lipinski definition) is 7. The lowest BCUT2D eigenvalue weighted by atomic mass is 9.91. The minimum Gasteiger partial charge on any atom is -0.497 e. The third-order valence-corrected chi connectivity index (χ3v) is 6.93. The molecule has 0 saturated heterocycles. The summed E-state index contributed by atoms with van der Waals surface area (Å²) in [5.41, 5.74) is 3.43. The lowest BCUT2D eigenvalue weighted by molar-refractivity contribution is 0.0589. The zero-order valence-electron chi connectivity index (χ0n) is 21.8. The van der Waals surface area contributed by atoms with Crippen LogP contribution in [0.5, 0.6) is 23.0 Å². The Morgan fingerprint density at radius 2 is 1.63 bits per heavy atom. The molecule has 1 aliphatic heterocycles. The normalized spacial score (nSPS) is 14.6. The predicted octanol–water partition coefficient (Wildman–Crippen LogP) is 4.95. The quantitative estimate of drug-likeness (QED) is 0.322. The summed E-state index contributed by atoms with van der Waals surface area (Å²) in [5, 5.41) is 0.841. The van der Waals surface area contributed by atoms with E-state index in [0.29, 0.717) is 47.1 Å². The van der Waals surface area contributed by atoms with Crippen molar-refractivity contribution < 1.29 is 28.2 Å². The molecule has 0 saturated carbocycles. The fourth-order valence-electron chi connectivity index (χ4n) is 4.92. The molecule has 0 unspecified atom stereocenters. The van der Waals surface area contributed by atoms with E-state index in [2.05, 4.69) is 0 Å². The lowest BCUT2D eigenvalue weighted by Gasteiger charge is -2.37. The van der Waals surface area contributed by atoms with E-state index in [-0.39, 0.29) is 12.5 Å². The number of carbonyl (C=O) groups is 1. The van der Waals surface area contributed by atoms with Gasteiger partial charge in [0.2, 0.25) is 0 Å². The molecule has 2 heterocycles. The van der Waals surface area contributed by atoms with E-state index in [1.54, 1.807) is 51.7 Å². The van der Waals surface area contributed by atoms with E-state index in [9.17, 15) is 9.59 Å². The average Bonchev–Trinajstić information content (AvgIpc) is 2.94. The van der Waals surface area contributed by atoms with Gasteiger partial charge in [-0.25, -0.2) is 4.79 Å². The van der Waals surface area contributed by atoms with Gasteiger partial charge in [0.1, 0.15) is 23.7 Å². The van der Waals surface area contributed by atoms with E-state index in [1.807, 2.05) is 36.1 Å². The number of nitrogens with zero attached hydrogens (tertiary/aromatic N) is 1. The Hall–Kier alpha value is -4.46. The minimum absolute atomic E-state index is 0.109. The summed E-state index contributed by atoms with van der Waals surface area (Å²) in [7, 11) is 4.78. The van der Waals surface area contributed by atoms with Crippen molar-refractivity contribution in [3.63, 3.8) is 0 Å². The van der Waals surface area contributed by atoms with Crippen molar-refractivity contribution >= 4 is 16.9 Å².